The van der Waals surface area contributed by atoms with Crippen LogP contribution in [0.4, 0.5) is 0 Å². The molecule has 0 saturated heterocycles. The number of hydrogen-bond donors (Lipinski definition) is 2. The largest absolute Gasteiger partial charge is 0.496 e. The number of nitrogens with two attached hydrogens (primary N) is 1. The van der Waals surface area contributed by atoms with E-state index in [9.17, 15) is 0 Å². The highest BCUT2D eigenvalue weighted by atomic mass is 35.5. The van der Waals surface area contributed by atoms with E-state index in [-0.39, 0.29) is 6.04 Å². The Morgan fingerprint density at radius 1 is 1.19 bits per heavy atom. The van der Waals surface area contributed by atoms with Crippen LogP contribution in [0.15, 0.2) is 36.4 Å². The van der Waals surface area contributed by atoms with E-state index >= 15 is 0 Å². The Balaban J connectivity index is 2.32. The molecule has 21 heavy (non-hydrogen) atoms. The van der Waals surface area contributed by atoms with Crippen molar-refractivity contribution in [2.45, 2.75) is 19.4 Å². The van der Waals surface area contributed by atoms with Crippen molar-refractivity contribution < 1.29 is 4.74 Å². The van der Waals surface area contributed by atoms with E-state index in [4.69, 9.17) is 33.8 Å². The van der Waals surface area contributed by atoms with Gasteiger partial charge in [-0.3, -0.25) is 11.3 Å². The van der Waals surface area contributed by atoms with Gasteiger partial charge in [0.25, 0.3) is 0 Å². The lowest BCUT2D eigenvalue weighted by atomic mass is 9.98. The summed E-state index contributed by atoms with van der Waals surface area (Å²) < 4.78 is 5.38. The van der Waals surface area contributed by atoms with Crippen LogP contribution in [-0.2, 0) is 6.42 Å². The molecule has 0 fully saturated rings. The number of ether oxygens (including phenoxy) is 1. The lowest BCUT2D eigenvalue weighted by Gasteiger charge is -2.20. The summed E-state index contributed by atoms with van der Waals surface area (Å²) in [5, 5.41) is 1.36. The van der Waals surface area contributed by atoms with Crippen LogP contribution in [0.3, 0.4) is 0 Å². The Kier molecular flexibility index (Phi) is 5.48. The van der Waals surface area contributed by atoms with Crippen LogP contribution in [0.25, 0.3) is 0 Å². The van der Waals surface area contributed by atoms with Gasteiger partial charge in [-0.2, -0.15) is 0 Å². The molecule has 112 valence electrons. The van der Waals surface area contributed by atoms with Crippen LogP contribution < -0.4 is 16.0 Å². The van der Waals surface area contributed by atoms with Gasteiger partial charge in [0.05, 0.1) is 13.2 Å². The van der Waals surface area contributed by atoms with Crippen molar-refractivity contribution in [3.8, 4) is 5.75 Å². The lowest BCUT2D eigenvalue weighted by molar-refractivity contribution is 0.399. The molecular weight excluding hydrogens is 307 g/mol. The van der Waals surface area contributed by atoms with Crippen molar-refractivity contribution in [3.63, 3.8) is 0 Å². The number of nitrogens with one attached hydrogen (secondary N) is 1. The number of benzene rings is 2. The Bertz CT molecular complexity index is 632. The highest BCUT2D eigenvalue weighted by molar-refractivity contribution is 6.31. The molecule has 0 aliphatic heterocycles. The highest BCUT2D eigenvalue weighted by Crippen LogP contribution is 2.31. The summed E-state index contributed by atoms with van der Waals surface area (Å²) >= 11 is 12.3. The molecule has 0 spiro atoms. The second kappa shape index (κ2) is 7.14. The van der Waals surface area contributed by atoms with Crippen molar-refractivity contribution in [1.82, 2.24) is 5.43 Å². The first kappa shape index (κ1) is 16.1. The van der Waals surface area contributed by atoms with Gasteiger partial charge in [0.1, 0.15) is 5.75 Å². The minimum absolute atomic E-state index is 0.113. The first-order chi connectivity index (χ1) is 10.0. The Morgan fingerprint density at radius 3 is 2.57 bits per heavy atom. The molecule has 0 heterocycles. The van der Waals surface area contributed by atoms with Crippen molar-refractivity contribution >= 4 is 23.2 Å². The van der Waals surface area contributed by atoms with Gasteiger partial charge in [-0.1, -0.05) is 41.4 Å². The van der Waals surface area contributed by atoms with Gasteiger partial charge in [0, 0.05) is 15.6 Å². The second-order valence-corrected chi connectivity index (χ2v) is 5.75. The fraction of sp³-hybridized carbons (Fsp3) is 0.250. The molecule has 1 atom stereocenters. The molecular formula is C16H18Cl2N2O. The zero-order chi connectivity index (χ0) is 15.4. The third kappa shape index (κ3) is 3.89. The molecule has 3 nitrogen and oxygen atoms in total. The molecule has 2 aromatic carbocycles. The summed E-state index contributed by atoms with van der Waals surface area (Å²) in [5.41, 5.74) is 5.93. The minimum atomic E-state index is -0.113. The number of hydrazine groups is 1. The quantitative estimate of drug-likeness (QED) is 0.644. The van der Waals surface area contributed by atoms with Gasteiger partial charge >= 0.3 is 0 Å². The molecule has 5 heteroatoms. The minimum Gasteiger partial charge on any atom is -0.496 e. The Hall–Kier alpha value is -1.26. The van der Waals surface area contributed by atoms with Crippen molar-refractivity contribution in [3.05, 3.63) is 63.1 Å². The molecule has 0 saturated carbocycles. The molecule has 0 amide bonds. The molecule has 0 aromatic heterocycles. The van der Waals surface area contributed by atoms with E-state index in [1.165, 1.54) is 0 Å². The van der Waals surface area contributed by atoms with Gasteiger partial charge in [0.15, 0.2) is 0 Å². The number of halogens is 2. The average molecular weight is 325 g/mol. The van der Waals surface area contributed by atoms with E-state index in [2.05, 4.69) is 5.43 Å². The zero-order valence-electron chi connectivity index (χ0n) is 12.0. The SMILES string of the molecule is COc1cc(Cl)ccc1C(Cc1ccc(C)cc1Cl)NN. The fourth-order valence-corrected chi connectivity index (χ4v) is 2.74. The summed E-state index contributed by atoms with van der Waals surface area (Å²) in [7, 11) is 1.61. The molecule has 0 aliphatic rings. The normalized spacial score (nSPS) is 12.2. The van der Waals surface area contributed by atoms with Crippen LogP contribution in [0.2, 0.25) is 10.0 Å². The summed E-state index contributed by atoms with van der Waals surface area (Å²) in [5.74, 6) is 6.42. The number of aryl methyl sites for hydroxylation is 1. The predicted molar refractivity (Wildman–Crippen MR) is 88.0 cm³/mol. The topological polar surface area (TPSA) is 47.3 Å². The van der Waals surface area contributed by atoms with E-state index in [1.807, 2.05) is 37.3 Å². The molecule has 0 radical (unpaired) electrons. The van der Waals surface area contributed by atoms with Crippen molar-refractivity contribution in [2.24, 2.45) is 5.84 Å². The van der Waals surface area contributed by atoms with Gasteiger partial charge in [-0.05, 0) is 42.7 Å². The third-order valence-corrected chi connectivity index (χ3v) is 3.99. The summed E-state index contributed by atoms with van der Waals surface area (Å²) in [6.45, 7) is 2.01. The maximum atomic E-state index is 6.30. The molecule has 2 rings (SSSR count). The highest BCUT2D eigenvalue weighted by Gasteiger charge is 2.17. The average Bonchev–Trinajstić information content (AvgIpc) is 2.47. The molecule has 0 aliphatic carbocycles. The predicted octanol–water partition coefficient (Wildman–Crippen LogP) is 4.06. The number of hydrogen-bond acceptors (Lipinski definition) is 3. The first-order valence-electron chi connectivity index (χ1n) is 6.59. The summed E-state index contributed by atoms with van der Waals surface area (Å²) in [6.07, 6.45) is 0.660. The Labute approximate surface area is 135 Å². The molecule has 3 N–H and O–H groups in total. The van der Waals surface area contributed by atoms with Gasteiger partial charge in [0.2, 0.25) is 0 Å². The maximum Gasteiger partial charge on any atom is 0.125 e. The van der Waals surface area contributed by atoms with E-state index in [0.717, 1.165) is 21.7 Å². The standard InChI is InChI=1S/C16H18Cl2N2O/c1-10-3-4-11(14(18)7-10)8-15(20-19)13-6-5-12(17)9-16(13)21-2/h3-7,9,15,20H,8,19H2,1-2H3. The number of methoxy groups -OCH3 is 1. The van der Waals surface area contributed by atoms with Gasteiger partial charge < -0.3 is 4.74 Å². The molecule has 1 unspecified atom stereocenters. The lowest BCUT2D eigenvalue weighted by Crippen LogP contribution is -2.30. The van der Waals surface area contributed by atoms with Crippen molar-refractivity contribution in [2.75, 3.05) is 7.11 Å². The van der Waals surface area contributed by atoms with Crippen molar-refractivity contribution in [1.29, 1.82) is 0 Å². The van der Waals surface area contributed by atoms with Gasteiger partial charge in [-0.15, -0.1) is 0 Å². The monoisotopic (exact) mass is 324 g/mol. The van der Waals surface area contributed by atoms with Crippen LogP contribution in [0.1, 0.15) is 22.7 Å². The molecule has 2 aromatic rings. The maximum absolute atomic E-state index is 6.30. The van der Waals surface area contributed by atoms with Crippen LogP contribution >= 0.6 is 23.2 Å². The van der Waals surface area contributed by atoms with E-state index in [1.54, 1.807) is 13.2 Å². The fourth-order valence-electron chi connectivity index (χ4n) is 2.27. The summed E-state index contributed by atoms with van der Waals surface area (Å²) in [4.78, 5) is 0. The first-order valence-corrected chi connectivity index (χ1v) is 7.35. The second-order valence-electron chi connectivity index (χ2n) is 4.90. The smallest absolute Gasteiger partial charge is 0.125 e. The zero-order valence-corrected chi connectivity index (χ0v) is 13.5. The number of rotatable bonds is 5. The van der Waals surface area contributed by atoms with E-state index < -0.39 is 0 Å². The van der Waals surface area contributed by atoms with Gasteiger partial charge in [-0.25, -0.2) is 0 Å². The summed E-state index contributed by atoms with van der Waals surface area (Å²) in [6, 6.07) is 11.4. The third-order valence-electron chi connectivity index (χ3n) is 3.40. The Morgan fingerprint density at radius 2 is 1.95 bits per heavy atom. The van der Waals surface area contributed by atoms with Crippen LogP contribution in [0, 0.1) is 6.92 Å². The van der Waals surface area contributed by atoms with E-state index in [0.29, 0.717) is 17.2 Å². The van der Waals surface area contributed by atoms with Crippen LogP contribution in [0.5, 0.6) is 5.75 Å². The molecule has 0 bridgehead atoms. The van der Waals surface area contributed by atoms with Crippen LogP contribution in [-0.4, -0.2) is 7.11 Å².